The Kier molecular flexibility index (Phi) is 3.68. The van der Waals surface area contributed by atoms with Gasteiger partial charge in [-0.1, -0.05) is 13.8 Å². The summed E-state index contributed by atoms with van der Waals surface area (Å²) in [6, 6.07) is 0. The maximum Gasteiger partial charge on any atom is 0.360 e. The van der Waals surface area contributed by atoms with Crippen LogP contribution in [0.25, 0.3) is 0 Å². The minimum atomic E-state index is -0.425. The Morgan fingerprint density at radius 3 is 2.93 bits per heavy atom. The van der Waals surface area contributed by atoms with Gasteiger partial charge in [0.05, 0.1) is 6.61 Å². The Bertz CT molecular complexity index is 304. The average Bonchev–Trinajstić information content (AvgIpc) is 2.52. The number of oxazole rings is 1. The normalized spacial score (nSPS) is 10.6. The van der Waals surface area contributed by atoms with Gasteiger partial charge in [-0.15, -0.1) is 0 Å². The molecule has 0 saturated heterocycles. The molecule has 0 spiro atoms. The smallest absolute Gasteiger partial charge is 0.360 e. The van der Waals surface area contributed by atoms with Gasteiger partial charge in [0.2, 0.25) is 0 Å². The van der Waals surface area contributed by atoms with Crippen LogP contribution in [-0.4, -0.2) is 17.6 Å². The predicted molar refractivity (Wildman–Crippen MR) is 51.0 cm³/mol. The van der Waals surface area contributed by atoms with Gasteiger partial charge in [-0.05, 0) is 12.8 Å². The van der Waals surface area contributed by atoms with Crippen LogP contribution in [0.2, 0.25) is 0 Å². The van der Waals surface area contributed by atoms with E-state index in [1.165, 1.54) is 6.26 Å². The van der Waals surface area contributed by atoms with Gasteiger partial charge in [0.1, 0.15) is 6.26 Å². The van der Waals surface area contributed by atoms with E-state index >= 15 is 0 Å². The van der Waals surface area contributed by atoms with Crippen LogP contribution in [0.1, 0.15) is 37.2 Å². The standard InChI is InChI=1S/C10H15NO3/c1-4-13-10(12)8-6-14-9(11-8)5-7(2)3/h6-7H,4-5H2,1-3H3. The van der Waals surface area contributed by atoms with Crippen molar-refractivity contribution in [3.05, 3.63) is 17.8 Å². The molecule has 0 amide bonds. The second-order valence-corrected chi connectivity index (χ2v) is 3.44. The van der Waals surface area contributed by atoms with Crippen LogP contribution >= 0.6 is 0 Å². The topological polar surface area (TPSA) is 52.3 Å². The quantitative estimate of drug-likeness (QED) is 0.693. The van der Waals surface area contributed by atoms with Crippen molar-refractivity contribution in [1.82, 2.24) is 4.98 Å². The lowest BCUT2D eigenvalue weighted by Crippen LogP contribution is -2.05. The van der Waals surface area contributed by atoms with E-state index in [0.717, 1.165) is 6.42 Å². The average molecular weight is 197 g/mol. The molecule has 14 heavy (non-hydrogen) atoms. The van der Waals surface area contributed by atoms with Crippen LogP contribution in [0, 0.1) is 5.92 Å². The first-order valence-electron chi connectivity index (χ1n) is 4.75. The molecule has 4 nitrogen and oxygen atoms in total. The van der Waals surface area contributed by atoms with Gasteiger partial charge in [-0.2, -0.15) is 0 Å². The van der Waals surface area contributed by atoms with Gasteiger partial charge in [0.25, 0.3) is 0 Å². The van der Waals surface area contributed by atoms with Crippen molar-refractivity contribution in [2.24, 2.45) is 5.92 Å². The molecule has 1 heterocycles. The maximum absolute atomic E-state index is 11.2. The summed E-state index contributed by atoms with van der Waals surface area (Å²) < 4.78 is 9.92. The number of ether oxygens (including phenoxy) is 1. The van der Waals surface area contributed by atoms with Gasteiger partial charge in [0, 0.05) is 6.42 Å². The number of nitrogens with zero attached hydrogens (tertiary/aromatic N) is 1. The third-order valence-electron chi connectivity index (χ3n) is 1.62. The Labute approximate surface area is 83.3 Å². The molecule has 0 radical (unpaired) electrons. The molecule has 1 aromatic rings. The molecular weight excluding hydrogens is 182 g/mol. The van der Waals surface area contributed by atoms with Crippen LogP contribution in [0.4, 0.5) is 0 Å². The lowest BCUT2D eigenvalue weighted by molar-refractivity contribution is 0.0519. The van der Waals surface area contributed by atoms with E-state index in [9.17, 15) is 4.79 Å². The van der Waals surface area contributed by atoms with Crippen molar-refractivity contribution < 1.29 is 13.9 Å². The number of carbonyl (C=O) groups excluding carboxylic acids is 1. The van der Waals surface area contributed by atoms with Gasteiger partial charge in [-0.25, -0.2) is 9.78 Å². The molecule has 78 valence electrons. The summed E-state index contributed by atoms with van der Waals surface area (Å²) in [5.74, 6) is 0.623. The Hall–Kier alpha value is -1.32. The molecule has 0 atom stereocenters. The molecule has 1 aromatic heterocycles. The summed E-state index contributed by atoms with van der Waals surface area (Å²) in [6.45, 7) is 6.24. The Morgan fingerprint density at radius 2 is 2.36 bits per heavy atom. The number of carbonyl (C=O) groups is 1. The minimum absolute atomic E-state index is 0.252. The minimum Gasteiger partial charge on any atom is -0.461 e. The summed E-state index contributed by atoms with van der Waals surface area (Å²) in [5.41, 5.74) is 0.252. The van der Waals surface area contributed by atoms with Gasteiger partial charge >= 0.3 is 5.97 Å². The fourth-order valence-electron chi connectivity index (χ4n) is 1.05. The number of aromatic nitrogens is 1. The molecule has 0 aliphatic heterocycles. The predicted octanol–water partition coefficient (Wildman–Crippen LogP) is 2.05. The van der Waals surface area contributed by atoms with E-state index in [-0.39, 0.29) is 5.69 Å². The third kappa shape index (κ3) is 2.87. The van der Waals surface area contributed by atoms with E-state index in [1.807, 2.05) is 0 Å². The summed E-state index contributed by atoms with van der Waals surface area (Å²) in [5, 5.41) is 0. The number of rotatable bonds is 4. The molecule has 0 aliphatic rings. The van der Waals surface area contributed by atoms with Crippen molar-refractivity contribution in [3.8, 4) is 0 Å². The monoisotopic (exact) mass is 197 g/mol. The molecule has 0 N–H and O–H groups in total. The lowest BCUT2D eigenvalue weighted by Gasteiger charge is -1.97. The van der Waals surface area contributed by atoms with Crippen molar-refractivity contribution in [2.45, 2.75) is 27.2 Å². The fraction of sp³-hybridized carbons (Fsp3) is 0.600. The number of hydrogen-bond donors (Lipinski definition) is 0. The largest absolute Gasteiger partial charge is 0.461 e. The second kappa shape index (κ2) is 4.79. The highest BCUT2D eigenvalue weighted by Gasteiger charge is 2.13. The Morgan fingerprint density at radius 1 is 1.64 bits per heavy atom. The van der Waals surface area contributed by atoms with Gasteiger partial charge in [0.15, 0.2) is 11.6 Å². The zero-order valence-electron chi connectivity index (χ0n) is 8.74. The SMILES string of the molecule is CCOC(=O)c1coc(CC(C)C)n1. The van der Waals surface area contributed by atoms with Crippen LogP contribution in [-0.2, 0) is 11.2 Å². The molecule has 0 unspecified atom stereocenters. The molecule has 0 aliphatic carbocycles. The maximum atomic E-state index is 11.2. The zero-order chi connectivity index (χ0) is 10.6. The van der Waals surface area contributed by atoms with Crippen molar-refractivity contribution in [3.63, 3.8) is 0 Å². The molecule has 0 bridgehead atoms. The molecular formula is C10H15NO3. The van der Waals surface area contributed by atoms with Gasteiger partial charge < -0.3 is 9.15 Å². The fourth-order valence-corrected chi connectivity index (χ4v) is 1.05. The van der Waals surface area contributed by atoms with E-state index in [4.69, 9.17) is 9.15 Å². The highest BCUT2D eigenvalue weighted by atomic mass is 16.5. The summed E-state index contributed by atoms with van der Waals surface area (Å²) >= 11 is 0. The molecule has 4 heteroatoms. The first-order chi connectivity index (χ1) is 6.63. The molecule has 1 rings (SSSR count). The second-order valence-electron chi connectivity index (χ2n) is 3.44. The first kappa shape index (κ1) is 10.8. The lowest BCUT2D eigenvalue weighted by atomic mass is 10.1. The summed E-state index contributed by atoms with van der Waals surface area (Å²) in [4.78, 5) is 15.2. The summed E-state index contributed by atoms with van der Waals surface area (Å²) in [7, 11) is 0. The summed E-state index contributed by atoms with van der Waals surface area (Å²) in [6.07, 6.45) is 2.08. The molecule has 0 aromatic carbocycles. The van der Waals surface area contributed by atoms with Crippen LogP contribution < -0.4 is 0 Å². The highest BCUT2D eigenvalue weighted by molar-refractivity contribution is 5.86. The number of esters is 1. The van der Waals surface area contributed by atoms with E-state index < -0.39 is 5.97 Å². The molecule has 0 saturated carbocycles. The Balaban J connectivity index is 2.63. The van der Waals surface area contributed by atoms with Crippen LogP contribution in [0.5, 0.6) is 0 Å². The zero-order valence-corrected chi connectivity index (χ0v) is 8.74. The van der Waals surface area contributed by atoms with Gasteiger partial charge in [-0.3, -0.25) is 0 Å². The third-order valence-corrected chi connectivity index (χ3v) is 1.62. The van der Waals surface area contributed by atoms with Crippen molar-refractivity contribution in [1.29, 1.82) is 0 Å². The van der Waals surface area contributed by atoms with E-state index in [0.29, 0.717) is 18.4 Å². The van der Waals surface area contributed by atoms with E-state index in [2.05, 4.69) is 18.8 Å². The van der Waals surface area contributed by atoms with Crippen LogP contribution in [0.3, 0.4) is 0 Å². The van der Waals surface area contributed by atoms with Crippen LogP contribution in [0.15, 0.2) is 10.7 Å². The highest BCUT2D eigenvalue weighted by Crippen LogP contribution is 2.08. The molecule has 0 fully saturated rings. The van der Waals surface area contributed by atoms with Crippen molar-refractivity contribution >= 4 is 5.97 Å². The number of hydrogen-bond acceptors (Lipinski definition) is 4. The first-order valence-corrected chi connectivity index (χ1v) is 4.75. The van der Waals surface area contributed by atoms with E-state index in [1.54, 1.807) is 6.92 Å². The van der Waals surface area contributed by atoms with Crippen molar-refractivity contribution in [2.75, 3.05) is 6.61 Å².